The van der Waals surface area contributed by atoms with Gasteiger partial charge >= 0.3 is 0 Å². The zero-order valence-electron chi connectivity index (χ0n) is 12.7. The lowest BCUT2D eigenvalue weighted by Gasteiger charge is -2.20. The second-order valence-electron chi connectivity index (χ2n) is 6.58. The standard InChI is InChI=1S/C17H18ClN3OS/c18-14-4-2-1-3-13(14)16-20-21-17(23-16)19-15(22)9-12-8-10-5-6-11(12)7-10/h1-4,10-12H,5-9H2,(H,19,21,22)/t10-,11-,12+/m0/s1. The van der Waals surface area contributed by atoms with Crippen LogP contribution in [0.2, 0.25) is 5.02 Å². The molecule has 0 aliphatic heterocycles. The van der Waals surface area contributed by atoms with Crippen molar-refractivity contribution in [3.63, 3.8) is 0 Å². The van der Waals surface area contributed by atoms with Crippen molar-refractivity contribution in [1.82, 2.24) is 10.2 Å². The van der Waals surface area contributed by atoms with E-state index in [4.69, 9.17) is 11.6 Å². The molecular weight excluding hydrogens is 330 g/mol. The highest BCUT2D eigenvalue weighted by molar-refractivity contribution is 7.18. The Labute approximate surface area is 144 Å². The van der Waals surface area contributed by atoms with Crippen LogP contribution >= 0.6 is 22.9 Å². The number of carbonyl (C=O) groups is 1. The van der Waals surface area contributed by atoms with Gasteiger partial charge in [-0.1, -0.05) is 47.6 Å². The summed E-state index contributed by atoms with van der Waals surface area (Å²) in [5, 5.41) is 13.0. The lowest BCUT2D eigenvalue weighted by Crippen LogP contribution is -2.20. The maximum atomic E-state index is 12.3. The Morgan fingerprint density at radius 3 is 2.87 bits per heavy atom. The van der Waals surface area contributed by atoms with Crippen LogP contribution in [0.4, 0.5) is 5.13 Å². The fourth-order valence-corrected chi connectivity index (χ4v) is 5.13. The van der Waals surface area contributed by atoms with E-state index >= 15 is 0 Å². The number of benzene rings is 1. The molecule has 0 unspecified atom stereocenters. The summed E-state index contributed by atoms with van der Waals surface area (Å²) in [6, 6.07) is 7.52. The van der Waals surface area contributed by atoms with Gasteiger partial charge < -0.3 is 5.32 Å². The van der Waals surface area contributed by atoms with Crippen LogP contribution < -0.4 is 5.32 Å². The monoisotopic (exact) mass is 347 g/mol. The van der Waals surface area contributed by atoms with Crippen LogP contribution in [-0.2, 0) is 4.79 Å². The molecule has 2 aliphatic rings. The Kier molecular flexibility index (Phi) is 4.07. The number of hydrogen-bond acceptors (Lipinski definition) is 4. The minimum atomic E-state index is 0.0596. The highest BCUT2D eigenvalue weighted by Crippen LogP contribution is 2.49. The largest absolute Gasteiger partial charge is 0.301 e. The molecule has 0 saturated heterocycles. The number of rotatable bonds is 4. The first-order valence-electron chi connectivity index (χ1n) is 8.07. The van der Waals surface area contributed by atoms with Crippen molar-refractivity contribution in [1.29, 1.82) is 0 Å². The highest BCUT2D eigenvalue weighted by Gasteiger charge is 2.40. The fraction of sp³-hybridized carbons (Fsp3) is 0.471. The van der Waals surface area contributed by atoms with Gasteiger partial charge in [0.15, 0.2) is 5.01 Å². The number of fused-ring (bicyclic) bond motifs is 2. The van der Waals surface area contributed by atoms with Crippen LogP contribution in [0.25, 0.3) is 10.6 Å². The predicted molar refractivity (Wildman–Crippen MR) is 92.5 cm³/mol. The third-order valence-corrected chi connectivity index (χ3v) is 6.31. The first-order valence-corrected chi connectivity index (χ1v) is 9.27. The van der Waals surface area contributed by atoms with Gasteiger partial charge in [-0.3, -0.25) is 4.79 Å². The molecule has 1 heterocycles. The SMILES string of the molecule is O=C(C[C@H]1C[C@H]2CC[C@H]1C2)Nc1nnc(-c2ccccc2Cl)s1. The van der Waals surface area contributed by atoms with Crippen molar-refractivity contribution in [2.75, 3.05) is 5.32 Å². The molecule has 1 aromatic carbocycles. The third-order valence-electron chi connectivity index (χ3n) is 5.11. The summed E-state index contributed by atoms with van der Waals surface area (Å²) < 4.78 is 0. The Balaban J connectivity index is 1.40. The third kappa shape index (κ3) is 3.12. The maximum Gasteiger partial charge on any atom is 0.226 e. The predicted octanol–water partition coefficient (Wildman–Crippen LogP) is 4.62. The summed E-state index contributed by atoms with van der Waals surface area (Å²) in [6.45, 7) is 0. The molecule has 4 rings (SSSR count). The molecule has 0 radical (unpaired) electrons. The van der Waals surface area contributed by atoms with Gasteiger partial charge in [-0.25, -0.2) is 0 Å². The van der Waals surface area contributed by atoms with Crippen LogP contribution in [0.15, 0.2) is 24.3 Å². The molecule has 120 valence electrons. The van der Waals surface area contributed by atoms with Gasteiger partial charge in [0.1, 0.15) is 0 Å². The maximum absolute atomic E-state index is 12.3. The molecule has 6 heteroatoms. The van der Waals surface area contributed by atoms with Crippen molar-refractivity contribution in [3.05, 3.63) is 29.3 Å². The molecule has 2 saturated carbocycles. The average molecular weight is 348 g/mol. The van der Waals surface area contributed by atoms with E-state index in [0.717, 1.165) is 22.4 Å². The zero-order chi connectivity index (χ0) is 15.8. The smallest absolute Gasteiger partial charge is 0.226 e. The average Bonchev–Trinajstić information content (AvgIpc) is 3.24. The fourth-order valence-electron chi connectivity index (χ4n) is 4.05. The van der Waals surface area contributed by atoms with Crippen molar-refractivity contribution in [2.45, 2.75) is 32.1 Å². The van der Waals surface area contributed by atoms with Crippen molar-refractivity contribution in [3.8, 4) is 10.6 Å². The summed E-state index contributed by atoms with van der Waals surface area (Å²) in [5.41, 5.74) is 0.847. The lowest BCUT2D eigenvalue weighted by atomic mass is 9.86. The molecule has 0 spiro atoms. The molecule has 1 amide bonds. The molecule has 4 nitrogen and oxygen atoms in total. The van der Waals surface area contributed by atoms with Crippen LogP contribution in [-0.4, -0.2) is 16.1 Å². The van der Waals surface area contributed by atoms with Crippen molar-refractivity contribution < 1.29 is 4.79 Å². The second kappa shape index (κ2) is 6.21. The van der Waals surface area contributed by atoms with E-state index in [1.165, 1.54) is 37.0 Å². The molecule has 1 aromatic heterocycles. The molecule has 2 bridgehead atoms. The number of anilines is 1. The Morgan fingerprint density at radius 2 is 2.13 bits per heavy atom. The molecule has 3 atom stereocenters. The number of nitrogens with one attached hydrogen (secondary N) is 1. The normalized spacial score (nSPS) is 25.7. The van der Waals surface area contributed by atoms with Gasteiger partial charge in [0, 0.05) is 12.0 Å². The first-order chi connectivity index (χ1) is 11.2. The minimum absolute atomic E-state index is 0.0596. The molecule has 2 fully saturated rings. The minimum Gasteiger partial charge on any atom is -0.301 e. The summed E-state index contributed by atoms with van der Waals surface area (Å²) in [5.74, 6) is 2.25. The Morgan fingerprint density at radius 1 is 1.26 bits per heavy atom. The van der Waals surface area contributed by atoms with Gasteiger partial charge in [-0.05, 0) is 43.1 Å². The van der Waals surface area contributed by atoms with Crippen LogP contribution in [0.1, 0.15) is 32.1 Å². The van der Waals surface area contributed by atoms with E-state index in [-0.39, 0.29) is 5.91 Å². The lowest BCUT2D eigenvalue weighted by molar-refractivity contribution is -0.117. The van der Waals surface area contributed by atoms with Gasteiger partial charge in [0.05, 0.1) is 5.02 Å². The number of amides is 1. The topological polar surface area (TPSA) is 54.9 Å². The molecule has 2 aromatic rings. The quantitative estimate of drug-likeness (QED) is 0.877. The molecule has 1 N–H and O–H groups in total. The van der Waals surface area contributed by atoms with Crippen LogP contribution in [0, 0.1) is 17.8 Å². The summed E-state index contributed by atoms with van der Waals surface area (Å²) >= 11 is 7.54. The number of halogens is 1. The van der Waals surface area contributed by atoms with Crippen molar-refractivity contribution >= 4 is 34.0 Å². The Hall–Kier alpha value is -1.46. The van der Waals surface area contributed by atoms with E-state index in [1.54, 1.807) is 0 Å². The van der Waals surface area contributed by atoms with Gasteiger partial charge in [-0.2, -0.15) is 0 Å². The van der Waals surface area contributed by atoms with Gasteiger partial charge in [0.25, 0.3) is 0 Å². The van der Waals surface area contributed by atoms with E-state index in [1.807, 2.05) is 24.3 Å². The van der Waals surface area contributed by atoms with E-state index in [0.29, 0.717) is 22.5 Å². The zero-order valence-corrected chi connectivity index (χ0v) is 14.2. The Bertz CT molecular complexity index is 732. The number of carbonyl (C=O) groups excluding carboxylic acids is 1. The molecule has 23 heavy (non-hydrogen) atoms. The van der Waals surface area contributed by atoms with E-state index in [2.05, 4.69) is 15.5 Å². The van der Waals surface area contributed by atoms with Crippen LogP contribution in [0.3, 0.4) is 0 Å². The molecule has 2 aliphatic carbocycles. The summed E-state index contributed by atoms with van der Waals surface area (Å²) in [4.78, 5) is 12.3. The number of aromatic nitrogens is 2. The first kappa shape index (κ1) is 15.1. The summed E-state index contributed by atoms with van der Waals surface area (Å²) in [7, 11) is 0. The van der Waals surface area contributed by atoms with Gasteiger partial charge in [0.2, 0.25) is 11.0 Å². The number of hydrogen-bond donors (Lipinski definition) is 1. The highest BCUT2D eigenvalue weighted by atomic mass is 35.5. The number of nitrogens with zero attached hydrogens (tertiary/aromatic N) is 2. The second-order valence-corrected chi connectivity index (χ2v) is 7.96. The summed E-state index contributed by atoms with van der Waals surface area (Å²) in [6.07, 6.45) is 5.83. The van der Waals surface area contributed by atoms with Gasteiger partial charge in [-0.15, -0.1) is 10.2 Å². The van der Waals surface area contributed by atoms with Crippen molar-refractivity contribution in [2.24, 2.45) is 17.8 Å². The molecular formula is C17H18ClN3OS. The van der Waals surface area contributed by atoms with E-state index in [9.17, 15) is 4.79 Å². The van der Waals surface area contributed by atoms with E-state index < -0.39 is 0 Å². The van der Waals surface area contributed by atoms with Crippen LogP contribution in [0.5, 0.6) is 0 Å².